The Kier molecular flexibility index (Phi) is 5.29. The van der Waals surface area contributed by atoms with Gasteiger partial charge in [-0.2, -0.15) is 0 Å². The largest absolute Gasteiger partial charge is 0.495 e. The van der Waals surface area contributed by atoms with Crippen molar-refractivity contribution in [2.24, 2.45) is 0 Å². The predicted octanol–water partition coefficient (Wildman–Crippen LogP) is 1.47. The standard InChI is InChI=1S/C12H17NO4/c1-15-6-3-7-17-12(14)9-4-5-11(16-2)10(13)8-9/h4-5,8H,3,6-7,13H2,1-2H3. The van der Waals surface area contributed by atoms with Crippen LogP contribution in [0.15, 0.2) is 18.2 Å². The van der Waals surface area contributed by atoms with E-state index in [1.807, 2.05) is 0 Å². The molecule has 1 aromatic carbocycles. The molecule has 0 fully saturated rings. The second-order valence-corrected chi connectivity index (χ2v) is 3.44. The third kappa shape index (κ3) is 3.96. The van der Waals surface area contributed by atoms with Crippen LogP contribution in [0.4, 0.5) is 5.69 Å². The molecule has 0 aliphatic carbocycles. The molecule has 0 unspecified atom stereocenters. The molecule has 0 saturated heterocycles. The molecule has 1 aromatic rings. The SMILES string of the molecule is COCCCOC(=O)c1ccc(OC)c(N)c1. The van der Waals surface area contributed by atoms with E-state index in [4.69, 9.17) is 19.9 Å². The van der Waals surface area contributed by atoms with Crippen LogP contribution in [0.5, 0.6) is 5.75 Å². The van der Waals surface area contributed by atoms with E-state index in [0.29, 0.717) is 36.6 Å². The number of carbonyl (C=O) groups is 1. The summed E-state index contributed by atoms with van der Waals surface area (Å²) in [4.78, 5) is 11.6. The van der Waals surface area contributed by atoms with E-state index < -0.39 is 5.97 Å². The molecule has 0 saturated carbocycles. The lowest BCUT2D eigenvalue weighted by Gasteiger charge is -2.07. The molecule has 5 nitrogen and oxygen atoms in total. The summed E-state index contributed by atoms with van der Waals surface area (Å²) in [6, 6.07) is 4.80. The molecule has 5 heteroatoms. The number of rotatable bonds is 6. The van der Waals surface area contributed by atoms with Crippen molar-refractivity contribution >= 4 is 11.7 Å². The molecule has 0 bridgehead atoms. The molecule has 0 aliphatic rings. The lowest BCUT2D eigenvalue weighted by atomic mass is 10.2. The summed E-state index contributed by atoms with van der Waals surface area (Å²) >= 11 is 0. The number of methoxy groups -OCH3 is 2. The highest BCUT2D eigenvalue weighted by Crippen LogP contribution is 2.22. The summed E-state index contributed by atoms with van der Waals surface area (Å²) in [6.45, 7) is 0.899. The van der Waals surface area contributed by atoms with E-state index in [0.717, 1.165) is 0 Å². The first-order chi connectivity index (χ1) is 8.19. The van der Waals surface area contributed by atoms with Gasteiger partial charge < -0.3 is 19.9 Å². The average molecular weight is 239 g/mol. The Bertz CT molecular complexity index is 379. The van der Waals surface area contributed by atoms with Crippen molar-refractivity contribution in [3.63, 3.8) is 0 Å². The van der Waals surface area contributed by atoms with E-state index in [1.165, 1.54) is 13.2 Å². The molecule has 94 valence electrons. The Morgan fingerprint density at radius 1 is 1.29 bits per heavy atom. The Balaban J connectivity index is 2.54. The number of hydrogen-bond donors (Lipinski definition) is 1. The number of anilines is 1. The van der Waals surface area contributed by atoms with Crippen LogP contribution < -0.4 is 10.5 Å². The van der Waals surface area contributed by atoms with E-state index >= 15 is 0 Å². The second kappa shape index (κ2) is 6.75. The van der Waals surface area contributed by atoms with E-state index in [2.05, 4.69) is 0 Å². The topological polar surface area (TPSA) is 70.8 Å². The zero-order valence-corrected chi connectivity index (χ0v) is 10.1. The van der Waals surface area contributed by atoms with Gasteiger partial charge in [0.15, 0.2) is 0 Å². The molecular weight excluding hydrogens is 222 g/mol. The van der Waals surface area contributed by atoms with Crippen LogP contribution in [0.2, 0.25) is 0 Å². The van der Waals surface area contributed by atoms with Gasteiger partial charge in [-0.1, -0.05) is 0 Å². The number of nitrogen functional groups attached to an aromatic ring is 1. The third-order valence-electron chi connectivity index (χ3n) is 2.19. The van der Waals surface area contributed by atoms with Gasteiger partial charge in [-0.05, 0) is 18.2 Å². The van der Waals surface area contributed by atoms with Crippen LogP contribution in [-0.2, 0) is 9.47 Å². The van der Waals surface area contributed by atoms with Gasteiger partial charge >= 0.3 is 5.97 Å². The minimum Gasteiger partial charge on any atom is -0.495 e. The summed E-state index contributed by atoms with van der Waals surface area (Å²) in [5.41, 5.74) is 6.53. The van der Waals surface area contributed by atoms with Crippen LogP contribution in [0.25, 0.3) is 0 Å². The van der Waals surface area contributed by atoms with Crippen LogP contribution in [0.3, 0.4) is 0 Å². The zero-order valence-electron chi connectivity index (χ0n) is 10.1. The molecule has 1 rings (SSSR count). The van der Waals surface area contributed by atoms with Crippen molar-refractivity contribution in [2.75, 3.05) is 33.2 Å². The Hall–Kier alpha value is -1.75. The number of carbonyl (C=O) groups excluding carboxylic acids is 1. The zero-order chi connectivity index (χ0) is 12.7. The van der Waals surface area contributed by atoms with Crippen molar-refractivity contribution in [3.8, 4) is 5.75 Å². The molecule has 0 heterocycles. The summed E-state index contributed by atoms with van der Waals surface area (Å²) in [5, 5.41) is 0. The van der Waals surface area contributed by atoms with Gasteiger partial charge in [-0.3, -0.25) is 0 Å². The van der Waals surface area contributed by atoms with Crippen molar-refractivity contribution in [3.05, 3.63) is 23.8 Å². The smallest absolute Gasteiger partial charge is 0.338 e. The molecule has 0 atom stereocenters. The summed E-state index contributed by atoms with van der Waals surface area (Å²) in [5.74, 6) is 0.149. The molecule has 2 N–H and O–H groups in total. The van der Waals surface area contributed by atoms with Crippen molar-refractivity contribution in [2.45, 2.75) is 6.42 Å². The fraction of sp³-hybridized carbons (Fsp3) is 0.417. The van der Waals surface area contributed by atoms with Crippen molar-refractivity contribution < 1.29 is 19.0 Å². The first kappa shape index (κ1) is 13.3. The number of hydrogen-bond acceptors (Lipinski definition) is 5. The highest BCUT2D eigenvalue weighted by atomic mass is 16.5. The molecule has 0 aliphatic heterocycles. The Morgan fingerprint density at radius 3 is 2.65 bits per heavy atom. The quantitative estimate of drug-likeness (QED) is 0.462. The van der Waals surface area contributed by atoms with Crippen LogP contribution in [-0.4, -0.2) is 33.4 Å². The highest BCUT2D eigenvalue weighted by molar-refractivity contribution is 5.91. The van der Waals surface area contributed by atoms with Gasteiger partial charge in [0.05, 0.1) is 25.0 Å². The molecule has 0 radical (unpaired) electrons. The third-order valence-corrected chi connectivity index (χ3v) is 2.19. The molecule has 0 spiro atoms. The number of esters is 1. The molecule has 0 aromatic heterocycles. The monoisotopic (exact) mass is 239 g/mol. The van der Waals surface area contributed by atoms with Gasteiger partial charge in [-0.25, -0.2) is 4.79 Å². The van der Waals surface area contributed by atoms with E-state index in [1.54, 1.807) is 19.2 Å². The lowest BCUT2D eigenvalue weighted by molar-refractivity contribution is 0.0468. The maximum absolute atomic E-state index is 11.6. The first-order valence-corrected chi connectivity index (χ1v) is 5.28. The summed E-state index contributed by atoms with van der Waals surface area (Å²) in [7, 11) is 3.13. The maximum Gasteiger partial charge on any atom is 0.338 e. The maximum atomic E-state index is 11.6. The van der Waals surface area contributed by atoms with Crippen LogP contribution >= 0.6 is 0 Å². The summed E-state index contributed by atoms with van der Waals surface area (Å²) < 4.78 is 14.9. The van der Waals surface area contributed by atoms with Crippen LogP contribution in [0.1, 0.15) is 16.8 Å². The minimum absolute atomic E-state index is 0.332. The predicted molar refractivity (Wildman–Crippen MR) is 64.2 cm³/mol. The van der Waals surface area contributed by atoms with Gasteiger partial charge in [-0.15, -0.1) is 0 Å². The van der Waals surface area contributed by atoms with Gasteiger partial charge in [0.2, 0.25) is 0 Å². The number of benzene rings is 1. The van der Waals surface area contributed by atoms with Gasteiger partial charge in [0.1, 0.15) is 5.75 Å². The fourth-order valence-corrected chi connectivity index (χ4v) is 1.31. The minimum atomic E-state index is -0.393. The van der Waals surface area contributed by atoms with Gasteiger partial charge in [0, 0.05) is 20.1 Å². The first-order valence-electron chi connectivity index (χ1n) is 5.28. The second-order valence-electron chi connectivity index (χ2n) is 3.44. The summed E-state index contributed by atoms with van der Waals surface area (Å²) in [6.07, 6.45) is 0.674. The Morgan fingerprint density at radius 2 is 2.06 bits per heavy atom. The average Bonchev–Trinajstić information content (AvgIpc) is 2.34. The molecular formula is C12H17NO4. The lowest BCUT2D eigenvalue weighted by Crippen LogP contribution is -2.08. The molecule has 17 heavy (non-hydrogen) atoms. The van der Waals surface area contributed by atoms with Crippen LogP contribution in [0, 0.1) is 0 Å². The van der Waals surface area contributed by atoms with Crippen molar-refractivity contribution in [1.29, 1.82) is 0 Å². The van der Waals surface area contributed by atoms with E-state index in [-0.39, 0.29) is 0 Å². The van der Waals surface area contributed by atoms with E-state index in [9.17, 15) is 4.79 Å². The molecule has 0 amide bonds. The number of ether oxygens (including phenoxy) is 3. The van der Waals surface area contributed by atoms with Gasteiger partial charge in [0.25, 0.3) is 0 Å². The highest BCUT2D eigenvalue weighted by Gasteiger charge is 2.09. The normalized spacial score (nSPS) is 10.0. The number of nitrogens with two attached hydrogens (primary N) is 1. The Labute approximate surface area is 100 Å². The van der Waals surface area contributed by atoms with Crippen molar-refractivity contribution in [1.82, 2.24) is 0 Å². The fourth-order valence-electron chi connectivity index (χ4n) is 1.31.